The van der Waals surface area contributed by atoms with E-state index in [0.29, 0.717) is 30.9 Å². The van der Waals surface area contributed by atoms with E-state index in [2.05, 4.69) is 5.32 Å². The molecular formula is C23H27N3O4. The molecule has 1 fully saturated rings. The van der Waals surface area contributed by atoms with Gasteiger partial charge in [-0.25, -0.2) is 0 Å². The molecule has 2 aromatic rings. The highest BCUT2D eigenvalue weighted by atomic mass is 16.5. The minimum Gasteiger partial charge on any atom is -0.484 e. The predicted molar refractivity (Wildman–Crippen MR) is 115 cm³/mol. The summed E-state index contributed by atoms with van der Waals surface area (Å²) in [5, 5.41) is 2.86. The molecule has 1 aliphatic rings. The van der Waals surface area contributed by atoms with E-state index in [1.165, 1.54) is 6.92 Å². The van der Waals surface area contributed by atoms with Crippen LogP contribution >= 0.6 is 0 Å². The molecular weight excluding hydrogens is 382 g/mol. The third-order valence-electron chi connectivity index (χ3n) is 5.07. The molecule has 0 saturated carbocycles. The maximum atomic E-state index is 12.4. The molecule has 0 radical (unpaired) electrons. The molecule has 0 bridgehead atoms. The number of rotatable bonds is 8. The number of carbonyl (C=O) groups excluding carboxylic acids is 3. The number of hydrogen-bond donors (Lipinski definition) is 1. The van der Waals surface area contributed by atoms with Crippen LogP contribution in [0.3, 0.4) is 0 Å². The van der Waals surface area contributed by atoms with Crippen molar-refractivity contribution in [3.63, 3.8) is 0 Å². The molecule has 1 heterocycles. The Balaban J connectivity index is 1.56. The van der Waals surface area contributed by atoms with E-state index in [4.69, 9.17) is 4.74 Å². The fourth-order valence-corrected chi connectivity index (χ4v) is 3.41. The highest BCUT2D eigenvalue weighted by molar-refractivity contribution is 5.95. The minimum absolute atomic E-state index is 0.0129. The molecule has 1 N–H and O–H groups in total. The molecule has 3 rings (SSSR count). The van der Waals surface area contributed by atoms with Gasteiger partial charge in [0, 0.05) is 44.4 Å². The van der Waals surface area contributed by atoms with Crippen molar-refractivity contribution < 1.29 is 19.1 Å². The van der Waals surface area contributed by atoms with Crippen molar-refractivity contribution in [1.82, 2.24) is 4.90 Å². The van der Waals surface area contributed by atoms with Crippen molar-refractivity contribution in [2.45, 2.75) is 33.2 Å². The second kappa shape index (κ2) is 9.91. The van der Waals surface area contributed by atoms with Crippen LogP contribution in [0.1, 0.15) is 32.3 Å². The van der Waals surface area contributed by atoms with Crippen LogP contribution in [0.4, 0.5) is 11.4 Å². The second-order valence-corrected chi connectivity index (χ2v) is 7.17. The van der Waals surface area contributed by atoms with Crippen molar-refractivity contribution in [2.24, 2.45) is 0 Å². The number of nitrogens with zero attached hydrogens (tertiary/aromatic N) is 2. The van der Waals surface area contributed by atoms with E-state index >= 15 is 0 Å². The Morgan fingerprint density at radius 3 is 2.50 bits per heavy atom. The number of benzene rings is 2. The van der Waals surface area contributed by atoms with Crippen LogP contribution in [-0.4, -0.2) is 42.3 Å². The Morgan fingerprint density at radius 1 is 1.13 bits per heavy atom. The van der Waals surface area contributed by atoms with Crippen molar-refractivity contribution in [3.8, 4) is 5.75 Å². The number of anilines is 2. The number of nitrogens with one attached hydrogen (secondary N) is 1. The lowest BCUT2D eigenvalue weighted by atomic mass is 10.1. The van der Waals surface area contributed by atoms with Crippen molar-refractivity contribution in [1.29, 1.82) is 0 Å². The lowest BCUT2D eigenvalue weighted by Crippen LogP contribution is -2.28. The number of para-hydroxylation sites is 1. The van der Waals surface area contributed by atoms with Gasteiger partial charge in [0.15, 0.2) is 6.61 Å². The smallest absolute Gasteiger partial charge is 0.262 e. The second-order valence-electron chi connectivity index (χ2n) is 7.17. The number of amides is 3. The molecule has 0 spiro atoms. The Morgan fingerprint density at radius 2 is 1.87 bits per heavy atom. The monoisotopic (exact) mass is 409 g/mol. The normalized spacial score (nSPS) is 13.3. The lowest BCUT2D eigenvalue weighted by Gasteiger charge is -2.21. The fraction of sp³-hybridized carbons (Fsp3) is 0.348. The number of hydrogen-bond acceptors (Lipinski definition) is 4. The highest BCUT2D eigenvalue weighted by Crippen LogP contribution is 2.24. The molecule has 1 aliphatic heterocycles. The lowest BCUT2D eigenvalue weighted by molar-refractivity contribution is -0.129. The first-order chi connectivity index (χ1) is 14.5. The molecule has 0 unspecified atom stereocenters. The van der Waals surface area contributed by atoms with Gasteiger partial charge in [0.25, 0.3) is 5.91 Å². The summed E-state index contributed by atoms with van der Waals surface area (Å²) in [6.45, 7) is 5.07. The van der Waals surface area contributed by atoms with Gasteiger partial charge in [-0.05, 0) is 49.2 Å². The standard InChI is InChI=1S/C23H27N3O4/c1-3-25(17(2)27)15-18-7-4-5-8-21(18)24-22(28)16-30-20-12-10-19(11-13-20)26-14-6-9-23(26)29/h4-5,7-8,10-13H,3,6,9,14-16H2,1-2H3,(H,24,28). The van der Waals surface area contributed by atoms with Crippen LogP contribution in [0.15, 0.2) is 48.5 Å². The van der Waals surface area contributed by atoms with Gasteiger partial charge in [0.1, 0.15) is 5.75 Å². The maximum Gasteiger partial charge on any atom is 0.262 e. The van der Waals surface area contributed by atoms with Gasteiger partial charge in [-0.15, -0.1) is 0 Å². The zero-order valence-corrected chi connectivity index (χ0v) is 17.4. The van der Waals surface area contributed by atoms with E-state index in [9.17, 15) is 14.4 Å². The fourth-order valence-electron chi connectivity index (χ4n) is 3.41. The molecule has 7 nitrogen and oxygen atoms in total. The number of ether oxygens (including phenoxy) is 1. The van der Waals surface area contributed by atoms with E-state index in [0.717, 1.165) is 24.2 Å². The molecule has 0 aliphatic carbocycles. The van der Waals surface area contributed by atoms with E-state index in [-0.39, 0.29) is 24.3 Å². The van der Waals surface area contributed by atoms with Gasteiger partial charge in [-0.2, -0.15) is 0 Å². The maximum absolute atomic E-state index is 12.4. The van der Waals surface area contributed by atoms with Crippen LogP contribution in [0.25, 0.3) is 0 Å². The SMILES string of the molecule is CCN(Cc1ccccc1NC(=O)COc1ccc(N2CCCC2=O)cc1)C(C)=O. The Bertz CT molecular complexity index is 911. The molecule has 2 aromatic carbocycles. The Labute approximate surface area is 176 Å². The van der Waals surface area contributed by atoms with Crippen LogP contribution < -0.4 is 15.0 Å². The topological polar surface area (TPSA) is 79.0 Å². The van der Waals surface area contributed by atoms with E-state index < -0.39 is 0 Å². The summed E-state index contributed by atoms with van der Waals surface area (Å²) in [4.78, 5) is 39.4. The molecule has 7 heteroatoms. The first kappa shape index (κ1) is 21.4. The summed E-state index contributed by atoms with van der Waals surface area (Å²) < 4.78 is 5.58. The van der Waals surface area contributed by atoms with E-state index in [1.807, 2.05) is 43.3 Å². The first-order valence-electron chi connectivity index (χ1n) is 10.1. The average molecular weight is 409 g/mol. The molecule has 30 heavy (non-hydrogen) atoms. The molecule has 0 atom stereocenters. The summed E-state index contributed by atoms with van der Waals surface area (Å²) in [7, 11) is 0. The van der Waals surface area contributed by atoms with Gasteiger partial charge in [-0.3, -0.25) is 14.4 Å². The van der Waals surface area contributed by atoms with Gasteiger partial charge in [0.2, 0.25) is 11.8 Å². The average Bonchev–Trinajstić information content (AvgIpc) is 3.17. The summed E-state index contributed by atoms with van der Waals surface area (Å²) in [6, 6.07) is 14.6. The van der Waals surface area contributed by atoms with Crippen molar-refractivity contribution >= 4 is 29.1 Å². The van der Waals surface area contributed by atoms with E-state index in [1.54, 1.807) is 21.9 Å². The van der Waals surface area contributed by atoms with Crippen LogP contribution in [-0.2, 0) is 20.9 Å². The van der Waals surface area contributed by atoms with Gasteiger partial charge in [-0.1, -0.05) is 18.2 Å². The zero-order chi connectivity index (χ0) is 21.5. The third-order valence-corrected chi connectivity index (χ3v) is 5.07. The molecule has 1 saturated heterocycles. The summed E-state index contributed by atoms with van der Waals surface area (Å²) >= 11 is 0. The number of carbonyl (C=O) groups is 3. The molecule has 3 amide bonds. The summed E-state index contributed by atoms with van der Waals surface area (Å²) in [6.07, 6.45) is 1.46. The highest BCUT2D eigenvalue weighted by Gasteiger charge is 2.21. The molecule has 158 valence electrons. The first-order valence-corrected chi connectivity index (χ1v) is 10.1. The van der Waals surface area contributed by atoms with Gasteiger partial charge in [0.05, 0.1) is 0 Å². The predicted octanol–water partition coefficient (Wildman–Crippen LogP) is 3.20. The molecule has 0 aromatic heterocycles. The largest absolute Gasteiger partial charge is 0.484 e. The van der Waals surface area contributed by atoms with Crippen molar-refractivity contribution in [3.05, 3.63) is 54.1 Å². The Kier molecular flexibility index (Phi) is 7.06. The summed E-state index contributed by atoms with van der Waals surface area (Å²) in [5.74, 6) is 0.392. The zero-order valence-electron chi connectivity index (χ0n) is 17.4. The van der Waals surface area contributed by atoms with Crippen LogP contribution in [0, 0.1) is 0 Å². The quantitative estimate of drug-likeness (QED) is 0.726. The van der Waals surface area contributed by atoms with Gasteiger partial charge < -0.3 is 19.9 Å². The van der Waals surface area contributed by atoms with Crippen LogP contribution in [0.2, 0.25) is 0 Å². The summed E-state index contributed by atoms with van der Waals surface area (Å²) in [5.41, 5.74) is 2.37. The van der Waals surface area contributed by atoms with Crippen molar-refractivity contribution in [2.75, 3.05) is 29.9 Å². The van der Waals surface area contributed by atoms with Crippen LogP contribution in [0.5, 0.6) is 5.75 Å². The van der Waals surface area contributed by atoms with Gasteiger partial charge >= 0.3 is 0 Å². The minimum atomic E-state index is -0.285. The Hall–Kier alpha value is -3.35. The third kappa shape index (κ3) is 5.37.